The van der Waals surface area contributed by atoms with Crippen LogP contribution in [0.25, 0.3) is 0 Å². The maximum absolute atomic E-state index is 11.7. The Hall–Kier alpha value is -0.740. The van der Waals surface area contributed by atoms with E-state index in [4.69, 9.17) is 4.74 Å². The predicted molar refractivity (Wildman–Crippen MR) is 72.0 cm³/mol. The molecule has 0 aliphatic carbocycles. The molecule has 0 bridgehead atoms. The number of unbranched alkanes of at least 4 members (excludes halogenated alkanes) is 1. The first-order chi connectivity index (χ1) is 8.26. The number of rotatable bonds is 8. The molecule has 1 atom stereocenters. The van der Waals surface area contributed by atoms with Gasteiger partial charge < -0.3 is 19.2 Å². The Morgan fingerprint density at radius 1 is 1.44 bits per heavy atom. The van der Waals surface area contributed by atoms with E-state index in [0.29, 0.717) is 36.6 Å². The quantitative estimate of drug-likeness (QED) is 0.230. The van der Waals surface area contributed by atoms with Crippen molar-refractivity contribution in [2.75, 3.05) is 40.5 Å². The van der Waals surface area contributed by atoms with Gasteiger partial charge in [0, 0.05) is 6.08 Å². The van der Waals surface area contributed by atoms with E-state index in [-0.39, 0.29) is 5.48 Å². The number of carbonyl (C=O) groups excluding carboxylic acids is 1. The highest BCUT2D eigenvalue weighted by molar-refractivity contribution is 7.51. The van der Waals surface area contributed by atoms with E-state index >= 15 is 0 Å². The second-order valence-electron chi connectivity index (χ2n) is 5.05. The van der Waals surface area contributed by atoms with Crippen molar-refractivity contribution in [3.05, 3.63) is 12.7 Å². The van der Waals surface area contributed by atoms with Crippen LogP contribution in [0.1, 0.15) is 12.8 Å². The molecule has 0 saturated heterocycles. The smallest absolute Gasteiger partial charge is 0.330 e. The van der Waals surface area contributed by atoms with E-state index in [0.717, 1.165) is 6.08 Å². The maximum Gasteiger partial charge on any atom is 0.330 e. The molecule has 0 heterocycles. The average molecular weight is 276 g/mol. The van der Waals surface area contributed by atoms with E-state index in [2.05, 4.69) is 6.58 Å². The molecule has 0 aliphatic rings. The van der Waals surface area contributed by atoms with Crippen LogP contribution in [0.4, 0.5) is 0 Å². The second-order valence-corrected chi connectivity index (χ2v) is 6.77. The van der Waals surface area contributed by atoms with Crippen LogP contribution in [0.3, 0.4) is 0 Å². The van der Waals surface area contributed by atoms with Crippen molar-refractivity contribution in [3.63, 3.8) is 0 Å². The Kier molecular flexibility index (Phi) is 8.03. The van der Waals surface area contributed by atoms with Crippen molar-refractivity contribution in [2.24, 2.45) is 0 Å². The molecular formula is C12H23NO4P+. The van der Waals surface area contributed by atoms with Gasteiger partial charge in [0.2, 0.25) is 0 Å². The molecule has 6 heteroatoms. The van der Waals surface area contributed by atoms with Crippen molar-refractivity contribution in [3.8, 4) is 0 Å². The van der Waals surface area contributed by atoms with E-state index in [1.807, 2.05) is 21.1 Å². The maximum atomic E-state index is 11.7. The van der Waals surface area contributed by atoms with Crippen LogP contribution in [0.2, 0.25) is 0 Å². The minimum absolute atomic E-state index is 0.0561. The normalized spacial score (nSPS) is 12.9. The van der Waals surface area contributed by atoms with Crippen LogP contribution >= 0.6 is 7.77 Å². The monoisotopic (exact) mass is 276 g/mol. The molecule has 5 nitrogen and oxygen atoms in total. The third-order valence-electron chi connectivity index (χ3n) is 2.07. The van der Waals surface area contributed by atoms with Gasteiger partial charge in [0.1, 0.15) is 6.16 Å². The molecule has 0 aromatic carbocycles. The molecule has 0 rings (SSSR count). The summed E-state index contributed by atoms with van der Waals surface area (Å²) in [6, 6.07) is 0. The van der Waals surface area contributed by atoms with Gasteiger partial charge in [-0.1, -0.05) is 6.58 Å². The van der Waals surface area contributed by atoms with Gasteiger partial charge in [-0.25, -0.2) is 4.79 Å². The molecule has 104 valence electrons. The van der Waals surface area contributed by atoms with E-state index in [1.165, 1.54) is 0 Å². The van der Waals surface area contributed by atoms with E-state index in [9.17, 15) is 14.8 Å². The van der Waals surface area contributed by atoms with Gasteiger partial charge in [-0.3, -0.25) is 0 Å². The molecule has 0 fully saturated rings. The summed E-state index contributed by atoms with van der Waals surface area (Å²) in [5.41, 5.74) is 0.0561. The van der Waals surface area contributed by atoms with E-state index < -0.39 is 13.7 Å². The summed E-state index contributed by atoms with van der Waals surface area (Å²) in [6.45, 7) is 3.97. The van der Waals surface area contributed by atoms with Gasteiger partial charge in [-0.15, -0.1) is 0 Å². The highest BCUT2D eigenvalue weighted by Crippen LogP contribution is 2.16. The highest BCUT2D eigenvalue weighted by Gasteiger charge is 2.16. The lowest BCUT2D eigenvalue weighted by Crippen LogP contribution is -2.39. The summed E-state index contributed by atoms with van der Waals surface area (Å²) < 4.78 is 5.34. The first kappa shape index (κ1) is 17.3. The zero-order valence-electron chi connectivity index (χ0n) is 11.4. The fourth-order valence-electron chi connectivity index (χ4n) is 1.22. The van der Waals surface area contributed by atoms with Crippen LogP contribution in [-0.4, -0.2) is 61.5 Å². The summed E-state index contributed by atoms with van der Waals surface area (Å²) in [6.07, 6.45) is 2.83. The number of hydrogen-bond acceptors (Lipinski definition) is 3. The number of ether oxygens (including phenoxy) is 1. The molecular weight excluding hydrogens is 253 g/mol. The SMILES string of the molecule is C=CC(=O)OCCCC/[P+]([O-])=C(\O)C[N+](C)(C)C. The first-order valence-corrected chi connectivity index (χ1v) is 7.30. The Morgan fingerprint density at radius 2 is 2.06 bits per heavy atom. The molecule has 0 aliphatic heterocycles. The molecule has 0 aromatic heterocycles. The van der Waals surface area contributed by atoms with E-state index in [1.54, 1.807) is 0 Å². The summed E-state index contributed by atoms with van der Waals surface area (Å²) in [5.74, 6) is -0.446. The topological polar surface area (TPSA) is 69.6 Å². The minimum atomic E-state index is -1.70. The number of likely N-dealkylation sites (N-methyl/N-ethyl adjacent to an activating group) is 1. The van der Waals surface area contributed by atoms with Crippen LogP contribution < -0.4 is 4.89 Å². The summed E-state index contributed by atoms with van der Waals surface area (Å²) in [7, 11) is 4.08. The fourth-order valence-corrected chi connectivity index (χ4v) is 2.57. The third-order valence-corrected chi connectivity index (χ3v) is 3.51. The fraction of sp³-hybridized carbons (Fsp3) is 0.667. The number of nitrogens with zero attached hydrogens (tertiary/aromatic N) is 1. The Labute approximate surface area is 110 Å². The summed E-state index contributed by atoms with van der Waals surface area (Å²) >= 11 is 0. The number of carbonyl (C=O) groups is 1. The predicted octanol–water partition coefficient (Wildman–Crippen LogP) is 0.462. The number of esters is 1. The molecule has 1 N–H and O–H groups in total. The number of aliphatic hydroxyl groups excluding tert-OH is 1. The van der Waals surface area contributed by atoms with Crippen LogP contribution in [0, 0.1) is 0 Å². The van der Waals surface area contributed by atoms with Gasteiger partial charge in [-0.2, -0.15) is 0 Å². The average Bonchev–Trinajstić information content (AvgIpc) is 2.25. The van der Waals surface area contributed by atoms with Gasteiger partial charge in [0.25, 0.3) is 5.48 Å². The molecule has 1 unspecified atom stereocenters. The van der Waals surface area contributed by atoms with Crippen molar-refractivity contribution in [2.45, 2.75) is 12.8 Å². The number of quaternary nitrogens is 1. The lowest BCUT2D eigenvalue weighted by atomic mass is 10.4. The zero-order chi connectivity index (χ0) is 14.2. The molecule has 0 aromatic rings. The van der Waals surface area contributed by atoms with Crippen LogP contribution in [0.5, 0.6) is 0 Å². The zero-order valence-corrected chi connectivity index (χ0v) is 12.3. The molecule has 18 heavy (non-hydrogen) atoms. The lowest BCUT2D eigenvalue weighted by molar-refractivity contribution is -0.861. The summed E-state index contributed by atoms with van der Waals surface area (Å²) in [4.78, 5) is 22.4. The van der Waals surface area contributed by atoms with Crippen molar-refractivity contribution in [1.82, 2.24) is 0 Å². The standard InChI is InChI=1S/C12H22NO4P/c1-5-11(14)17-8-6-7-9-18(16)12(15)10-13(2,3)4/h5H,1,6-10H2,2-4H3/p+1. The number of hydrogen-bond donors (Lipinski definition) is 1. The Morgan fingerprint density at radius 3 is 2.56 bits per heavy atom. The Balaban J connectivity index is 3.88. The minimum Gasteiger partial charge on any atom is -0.629 e. The van der Waals surface area contributed by atoms with Crippen molar-refractivity contribution < 1.29 is 24.0 Å². The lowest BCUT2D eigenvalue weighted by Gasteiger charge is -2.22. The summed E-state index contributed by atoms with van der Waals surface area (Å²) in [5, 5.41) is 9.65. The second kappa shape index (κ2) is 8.38. The molecule has 0 spiro atoms. The van der Waals surface area contributed by atoms with Gasteiger partial charge >= 0.3 is 5.97 Å². The van der Waals surface area contributed by atoms with Gasteiger partial charge in [0.05, 0.1) is 35.5 Å². The largest absolute Gasteiger partial charge is 0.629 e. The van der Waals surface area contributed by atoms with Gasteiger partial charge in [0.15, 0.2) is 6.54 Å². The van der Waals surface area contributed by atoms with Crippen molar-refractivity contribution in [1.29, 1.82) is 0 Å². The molecule has 0 saturated carbocycles. The first-order valence-electron chi connectivity index (χ1n) is 5.85. The Bertz CT molecular complexity index is 321. The van der Waals surface area contributed by atoms with Gasteiger partial charge in [-0.05, 0) is 12.8 Å². The van der Waals surface area contributed by atoms with Crippen molar-refractivity contribution >= 4 is 19.2 Å². The molecule has 0 amide bonds. The van der Waals surface area contributed by atoms with Crippen LogP contribution in [-0.2, 0) is 9.53 Å². The molecule has 0 radical (unpaired) electrons. The highest BCUT2D eigenvalue weighted by atomic mass is 31.1. The third kappa shape index (κ3) is 9.31. The number of aliphatic hydroxyl groups is 1. The van der Waals surface area contributed by atoms with Crippen LogP contribution in [0.15, 0.2) is 12.7 Å².